The number of rotatable bonds is 4. The molecular weight excluding hydrogens is 319 g/mol. The lowest BCUT2D eigenvalue weighted by Gasteiger charge is -2.16. The fraction of sp³-hybridized carbons (Fsp3) is 0.500. The molecule has 1 fully saturated rings. The van der Waals surface area contributed by atoms with Gasteiger partial charge in [-0.05, 0) is 0 Å². The topological polar surface area (TPSA) is 160 Å². The van der Waals surface area contributed by atoms with Crippen LogP contribution < -0.4 is 0 Å². The highest BCUT2D eigenvalue weighted by molar-refractivity contribution is 7.46. The summed E-state index contributed by atoms with van der Waals surface area (Å²) in [6.45, 7) is -0.569. The number of aromatic nitrogens is 4. The van der Waals surface area contributed by atoms with Gasteiger partial charge < -0.3 is 24.7 Å². The van der Waals surface area contributed by atoms with Crippen molar-refractivity contribution in [2.75, 3.05) is 6.61 Å². The van der Waals surface area contributed by atoms with E-state index in [-0.39, 0.29) is 0 Å². The first-order valence-electron chi connectivity index (χ1n) is 6.21. The van der Waals surface area contributed by atoms with Gasteiger partial charge >= 0.3 is 7.82 Å². The molecule has 4 atom stereocenters. The molecule has 1 aliphatic heterocycles. The van der Waals surface area contributed by atoms with Gasteiger partial charge in [0, 0.05) is 0 Å². The molecule has 0 amide bonds. The second-order valence-corrected chi connectivity index (χ2v) is 5.96. The normalized spacial score (nSPS) is 29.3. The van der Waals surface area contributed by atoms with Gasteiger partial charge in [-0.15, -0.1) is 0 Å². The van der Waals surface area contributed by atoms with Crippen molar-refractivity contribution in [1.29, 1.82) is 0 Å². The molecule has 1 aliphatic rings. The Morgan fingerprint density at radius 2 is 2.09 bits per heavy atom. The summed E-state index contributed by atoms with van der Waals surface area (Å²) in [6, 6.07) is 0. The predicted molar refractivity (Wildman–Crippen MR) is 69.2 cm³/mol. The highest BCUT2D eigenvalue weighted by Gasteiger charge is 2.45. The van der Waals surface area contributed by atoms with Crippen molar-refractivity contribution in [3.05, 3.63) is 18.9 Å². The molecule has 120 valence electrons. The van der Waals surface area contributed by atoms with Crippen molar-refractivity contribution in [3.63, 3.8) is 0 Å². The Morgan fingerprint density at radius 3 is 2.82 bits per heavy atom. The Hall–Kier alpha value is -1.46. The van der Waals surface area contributed by atoms with E-state index in [1.165, 1.54) is 23.4 Å². The van der Waals surface area contributed by atoms with E-state index in [0.717, 1.165) is 0 Å². The minimum atomic E-state index is -4.70. The van der Waals surface area contributed by atoms with Crippen LogP contribution in [0.3, 0.4) is 0 Å². The number of nitrogens with zero attached hydrogens (tertiary/aromatic N) is 4. The lowest BCUT2D eigenvalue weighted by molar-refractivity contribution is -0.0504. The summed E-state index contributed by atoms with van der Waals surface area (Å²) < 4.78 is 21.8. The van der Waals surface area contributed by atoms with Crippen LogP contribution in [-0.2, 0) is 13.8 Å². The van der Waals surface area contributed by atoms with E-state index in [1.54, 1.807) is 0 Å². The molecule has 22 heavy (non-hydrogen) atoms. The lowest BCUT2D eigenvalue weighted by atomic mass is 10.1. The number of fused-ring (bicyclic) bond motifs is 1. The lowest BCUT2D eigenvalue weighted by Crippen LogP contribution is -2.33. The van der Waals surface area contributed by atoms with Crippen LogP contribution in [0, 0.1) is 0 Å². The molecule has 3 heterocycles. The Morgan fingerprint density at radius 1 is 1.32 bits per heavy atom. The van der Waals surface area contributed by atoms with Crippen molar-refractivity contribution in [3.8, 4) is 0 Å². The fourth-order valence-corrected chi connectivity index (χ4v) is 2.58. The predicted octanol–water partition coefficient (Wildman–Crippen LogP) is -1.45. The zero-order valence-corrected chi connectivity index (χ0v) is 11.9. The highest BCUT2D eigenvalue weighted by atomic mass is 31.2. The first-order valence-corrected chi connectivity index (χ1v) is 7.74. The maximum Gasteiger partial charge on any atom is 0.469 e. The van der Waals surface area contributed by atoms with Crippen molar-refractivity contribution < 1.29 is 33.8 Å². The number of hydrogen-bond acceptors (Lipinski definition) is 8. The molecule has 1 saturated heterocycles. The Bertz CT molecular complexity index is 718. The molecule has 11 nitrogen and oxygen atoms in total. The van der Waals surface area contributed by atoms with Crippen LogP contribution in [0.25, 0.3) is 11.2 Å². The quantitative estimate of drug-likeness (QED) is 0.488. The van der Waals surface area contributed by atoms with Gasteiger partial charge in [0.15, 0.2) is 11.9 Å². The second-order valence-electron chi connectivity index (χ2n) is 4.72. The van der Waals surface area contributed by atoms with E-state index in [4.69, 9.17) is 14.5 Å². The van der Waals surface area contributed by atoms with Gasteiger partial charge in [0.25, 0.3) is 0 Å². The van der Waals surface area contributed by atoms with Crippen LogP contribution in [0.2, 0.25) is 0 Å². The number of hydrogen-bond donors (Lipinski definition) is 4. The van der Waals surface area contributed by atoms with Gasteiger partial charge in [-0.25, -0.2) is 19.5 Å². The summed E-state index contributed by atoms with van der Waals surface area (Å²) in [5.74, 6) is 0. The van der Waals surface area contributed by atoms with E-state index in [1.807, 2.05) is 0 Å². The summed E-state index contributed by atoms with van der Waals surface area (Å²) >= 11 is 0. The zero-order valence-electron chi connectivity index (χ0n) is 11.0. The average Bonchev–Trinajstić information content (AvgIpc) is 3.00. The molecule has 0 bridgehead atoms. The van der Waals surface area contributed by atoms with E-state index < -0.39 is 39.0 Å². The largest absolute Gasteiger partial charge is 0.469 e. The van der Waals surface area contributed by atoms with E-state index in [0.29, 0.717) is 11.2 Å². The molecule has 0 saturated carbocycles. The minimum absolute atomic E-state index is 0.391. The van der Waals surface area contributed by atoms with E-state index in [2.05, 4.69) is 19.5 Å². The third kappa shape index (κ3) is 2.88. The van der Waals surface area contributed by atoms with Gasteiger partial charge in [-0.1, -0.05) is 0 Å². The molecule has 0 aromatic carbocycles. The Kier molecular flexibility index (Phi) is 3.95. The van der Waals surface area contributed by atoms with Crippen LogP contribution in [0.5, 0.6) is 0 Å². The molecule has 1 unspecified atom stereocenters. The summed E-state index contributed by atoms with van der Waals surface area (Å²) in [5.41, 5.74) is 0.866. The maximum atomic E-state index is 10.7. The van der Waals surface area contributed by atoms with Crippen LogP contribution in [0.15, 0.2) is 18.9 Å². The van der Waals surface area contributed by atoms with Crippen molar-refractivity contribution in [1.82, 2.24) is 19.5 Å². The van der Waals surface area contributed by atoms with Gasteiger partial charge in [0.2, 0.25) is 0 Å². The first-order chi connectivity index (χ1) is 10.4. The third-order valence-corrected chi connectivity index (χ3v) is 3.74. The van der Waals surface area contributed by atoms with Crippen LogP contribution in [-0.4, -0.2) is 64.4 Å². The molecule has 0 aliphatic carbocycles. The number of aliphatic hydroxyl groups excluding tert-OH is 2. The molecule has 4 N–H and O–H groups in total. The van der Waals surface area contributed by atoms with Crippen molar-refractivity contribution in [2.24, 2.45) is 0 Å². The SMILES string of the molecule is O=P(O)(O)OC[C@H]1O[C@@H](n2cnc3cncnc32)C(O)[C@H]1O. The Balaban J connectivity index is 1.82. The zero-order chi connectivity index (χ0) is 15.9. The number of phosphoric ester groups is 1. The summed E-state index contributed by atoms with van der Waals surface area (Å²) in [7, 11) is -4.70. The van der Waals surface area contributed by atoms with Crippen LogP contribution in [0.4, 0.5) is 0 Å². The first kappa shape index (κ1) is 15.4. The fourth-order valence-electron chi connectivity index (χ4n) is 2.24. The summed E-state index contributed by atoms with van der Waals surface area (Å²) in [6.07, 6.45) is -0.690. The van der Waals surface area contributed by atoms with E-state index >= 15 is 0 Å². The van der Waals surface area contributed by atoms with Crippen LogP contribution in [0.1, 0.15) is 6.23 Å². The van der Waals surface area contributed by atoms with Gasteiger partial charge in [-0.3, -0.25) is 9.09 Å². The number of phosphoric acid groups is 1. The number of aliphatic hydroxyl groups is 2. The number of imidazole rings is 1. The second kappa shape index (κ2) is 5.63. The standard InChI is InChI=1S/C10H13N4O7P/c15-7-6(2-20-22(17,18)19)21-10(8(7)16)14-4-13-5-1-11-3-12-9(5)14/h1,3-4,6-8,10,15-16H,2H2,(H2,17,18,19)/t6-,7+,8?,10-/m1/s1. The molecule has 0 spiro atoms. The molecule has 2 aromatic rings. The maximum absolute atomic E-state index is 10.7. The molecule has 2 aromatic heterocycles. The average molecular weight is 332 g/mol. The third-order valence-electron chi connectivity index (χ3n) is 3.26. The van der Waals surface area contributed by atoms with Gasteiger partial charge in [-0.2, -0.15) is 0 Å². The molecule has 3 rings (SSSR count). The van der Waals surface area contributed by atoms with Crippen molar-refractivity contribution in [2.45, 2.75) is 24.5 Å². The summed E-state index contributed by atoms with van der Waals surface area (Å²) in [4.78, 5) is 29.2. The Labute approximate surface area is 123 Å². The molecule has 12 heteroatoms. The molecule has 0 radical (unpaired) electrons. The van der Waals surface area contributed by atoms with E-state index in [9.17, 15) is 14.8 Å². The number of ether oxygens (including phenoxy) is 1. The smallest absolute Gasteiger partial charge is 0.387 e. The van der Waals surface area contributed by atoms with Gasteiger partial charge in [0.05, 0.1) is 19.1 Å². The molecular formula is C10H13N4O7P. The monoisotopic (exact) mass is 332 g/mol. The summed E-state index contributed by atoms with van der Waals surface area (Å²) in [5, 5.41) is 20.0. The van der Waals surface area contributed by atoms with Crippen molar-refractivity contribution >= 4 is 19.0 Å². The minimum Gasteiger partial charge on any atom is -0.387 e. The van der Waals surface area contributed by atoms with Gasteiger partial charge in [0.1, 0.15) is 30.2 Å². The highest BCUT2D eigenvalue weighted by Crippen LogP contribution is 2.38. The van der Waals surface area contributed by atoms with Crippen LogP contribution >= 0.6 is 7.82 Å².